The molecule has 0 aliphatic carbocycles. The third-order valence-corrected chi connectivity index (χ3v) is 5.79. The molecule has 0 radical (unpaired) electrons. The van der Waals surface area contributed by atoms with Gasteiger partial charge in [-0.1, -0.05) is 91.2 Å². The standard InChI is InChI=1S/C26H48/c1-9-14-24(13-5)21-25(19-20-26(6,7)8)18-17-23(12-4)16-15-22(10-2)11-3/h13,22-23,25H,9-12,14-16,19-21H2,1-8H3. The molecule has 0 heteroatoms. The van der Waals surface area contributed by atoms with Gasteiger partial charge in [0, 0.05) is 11.8 Å². The first kappa shape index (κ1) is 25.3. The van der Waals surface area contributed by atoms with Crippen LogP contribution in [0.5, 0.6) is 0 Å². The normalized spacial score (nSPS) is 14.9. The van der Waals surface area contributed by atoms with Crippen LogP contribution in [0.15, 0.2) is 11.6 Å². The monoisotopic (exact) mass is 360 g/mol. The van der Waals surface area contributed by atoms with Gasteiger partial charge in [0.25, 0.3) is 0 Å². The van der Waals surface area contributed by atoms with Crippen molar-refractivity contribution >= 4 is 0 Å². The van der Waals surface area contributed by atoms with Gasteiger partial charge >= 0.3 is 0 Å². The highest BCUT2D eigenvalue weighted by atomic mass is 14.2. The molecule has 0 aliphatic heterocycles. The van der Waals surface area contributed by atoms with Gasteiger partial charge in [-0.2, -0.15) is 0 Å². The number of hydrogen-bond donors (Lipinski definition) is 0. The van der Waals surface area contributed by atoms with Gasteiger partial charge < -0.3 is 0 Å². The molecule has 0 saturated carbocycles. The first-order chi connectivity index (χ1) is 12.3. The van der Waals surface area contributed by atoms with E-state index < -0.39 is 0 Å². The van der Waals surface area contributed by atoms with E-state index in [4.69, 9.17) is 0 Å². The summed E-state index contributed by atoms with van der Waals surface area (Å²) in [7, 11) is 0. The summed E-state index contributed by atoms with van der Waals surface area (Å²) >= 11 is 0. The Labute approximate surface area is 166 Å². The molecule has 2 atom stereocenters. The van der Waals surface area contributed by atoms with Gasteiger partial charge in [-0.05, 0) is 63.2 Å². The van der Waals surface area contributed by atoms with Crippen LogP contribution in [0.3, 0.4) is 0 Å². The minimum absolute atomic E-state index is 0.403. The maximum Gasteiger partial charge on any atom is 0.0240 e. The van der Waals surface area contributed by atoms with Crippen molar-refractivity contribution in [3.05, 3.63) is 11.6 Å². The highest BCUT2D eigenvalue weighted by Gasteiger charge is 2.16. The second kappa shape index (κ2) is 14.4. The number of allylic oxidation sites excluding steroid dienone is 2. The van der Waals surface area contributed by atoms with Crippen molar-refractivity contribution in [2.24, 2.45) is 23.2 Å². The van der Waals surface area contributed by atoms with E-state index in [0.717, 1.165) is 5.92 Å². The molecule has 0 aromatic rings. The molecule has 0 aromatic heterocycles. The molecule has 2 unspecified atom stereocenters. The Bertz CT molecular complexity index is 419. The van der Waals surface area contributed by atoms with Crippen molar-refractivity contribution < 1.29 is 0 Å². The Balaban J connectivity index is 4.97. The molecule has 0 rings (SSSR count). The summed E-state index contributed by atoms with van der Waals surface area (Å²) < 4.78 is 0. The first-order valence-electron chi connectivity index (χ1n) is 11.4. The number of rotatable bonds is 12. The molecule has 152 valence electrons. The quantitative estimate of drug-likeness (QED) is 0.241. The van der Waals surface area contributed by atoms with Crippen LogP contribution in [0.2, 0.25) is 0 Å². The maximum absolute atomic E-state index is 3.74. The van der Waals surface area contributed by atoms with Crippen molar-refractivity contribution in [1.82, 2.24) is 0 Å². The molecule has 0 N–H and O–H groups in total. The lowest BCUT2D eigenvalue weighted by atomic mass is 9.84. The van der Waals surface area contributed by atoms with Crippen LogP contribution >= 0.6 is 0 Å². The van der Waals surface area contributed by atoms with E-state index in [-0.39, 0.29) is 0 Å². The van der Waals surface area contributed by atoms with E-state index in [1.807, 2.05) is 0 Å². The molecular formula is C26H48. The van der Waals surface area contributed by atoms with Crippen molar-refractivity contribution in [1.29, 1.82) is 0 Å². The Morgan fingerprint density at radius 1 is 0.846 bits per heavy atom. The van der Waals surface area contributed by atoms with E-state index in [2.05, 4.69) is 73.3 Å². The van der Waals surface area contributed by atoms with Crippen LogP contribution < -0.4 is 0 Å². The summed E-state index contributed by atoms with van der Waals surface area (Å²) in [5, 5.41) is 0. The van der Waals surface area contributed by atoms with Crippen LogP contribution in [-0.2, 0) is 0 Å². The third-order valence-electron chi connectivity index (χ3n) is 5.79. The van der Waals surface area contributed by atoms with E-state index in [0.29, 0.717) is 17.3 Å². The highest BCUT2D eigenvalue weighted by Crippen LogP contribution is 2.28. The molecular weight excluding hydrogens is 312 g/mol. The average molecular weight is 361 g/mol. The van der Waals surface area contributed by atoms with Gasteiger partial charge in [-0.15, -0.1) is 0 Å². The Hall–Kier alpha value is -0.700. The average Bonchev–Trinajstić information content (AvgIpc) is 2.61. The van der Waals surface area contributed by atoms with Crippen LogP contribution in [-0.4, -0.2) is 0 Å². The Morgan fingerprint density at radius 2 is 1.46 bits per heavy atom. The summed E-state index contributed by atoms with van der Waals surface area (Å²) in [4.78, 5) is 0. The molecule has 0 aliphatic rings. The topological polar surface area (TPSA) is 0 Å². The molecule has 0 saturated heterocycles. The molecule has 0 spiro atoms. The Kier molecular flexibility index (Phi) is 14.0. The number of hydrogen-bond acceptors (Lipinski definition) is 0. The van der Waals surface area contributed by atoms with E-state index in [9.17, 15) is 0 Å². The zero-order chi connectivity index (χ0) is 20.0. The summed E-state index contributed by atoms with van der Waals surface area (Å²) in [6.07, 6.45) is 15.0. The largest absolute Gasteiger partial charge is 0.0996 e. The van der Waals surface area contributed by atoms with Gasteiger partial charge in [0.05, 0.1) is 0 Å². The fourth-order valence-electron chi connectivity index (χ4n) is 3.58. The van der Waals surface area contributed by atoms with Crippen LogP contribution in [0.1, 0.15) is 120 Å². The zero-order valence-corrected chi connectivity index (χ0v) is 19.4. The summed E-state index contributed by atoms with van der Waals surface area (Å²) in [6.45, 7) is 18.5. The zero-order valence-electron chi connectivity index (χ0n) is 19.4. The second-order valence-electron chi connectivity index (χ2n) is 9.35. The second-order valence-corrected chi connectivity index (χ2v) is 9.35. The molecule has 0 heterocycles. The van der Waals surface area contributed by atoms with Crippen molar-refractivity contribution in [2.45, 2.75) is 120 Å². The van der Waals surface area contributed by atoms with Gasteiger partial charge in [0.1, 0.15) is 0 Å². The smallest absolute Gasteiger partial charge is 0.0240 e. The van der Waals surface area contributed by atoms with Crippen LogP contribution in [0.4, 0.5) is 0 Å². The summed E-state index contributed by atoms with van der Waals surface area (Å²) in [6, 6.07) is 0. The highest BCUT2D eigenvalue weighted by molar-refractivity contribution is 5.12. The van der Waals surface area contributed by atoms with E-state index >= 15 is 0 Å². The molecule has 0 fully saturated rings. The lowest BCUT2D eigenvalue weighted by Crippen LogP contribution is -2.10. The maximum atomic E-state index is 3.74. The lowest BCUT2D eigenvalue weighted by molar-refractivity contribution is 0.342. The molecule has 0 aromatic carbocycles. The molecule has 0 bridgehead atoms. The fraction of sp³-hybridized carbons (Fsp3) is 0.846. The van der Waals surface area contributed by atoms with Crippen molar-refractivity contribution in [3.8, 4) is 11.8 Å². The fourth-order valence-corrected chi connectivity index (χ4v) is 3.58. The minimum Gasteiger partial charge on any atom is -0.0996 e. The predicted molar refractivity (Wildman–Crippen MR) is 120 cm³/mol. The van der Waals surface area contributed by atoms with Gasteiger partial charge in [-0.25, -0.2) is 0 Å². The van der Waals surface area contributed by atoms with Gasteiger partial charge in [-0.3, -0.25) is 0 Å². The predicted octanol–water partition coefficient (Wildman–Crippen LogP) is 8.81. The molecule has 0 amide bonds. The molecule has 26 heavy (non-hydrogen) atoms. The molecule has 0 nitrogen and oxygen atoms in total. The summed E-state index contributed by atoms with van der Waals surface area (Å²) in [5.74, 6) is 9.46. The SMILES string of the molecule is CC=C(CCC)CC(C#CC(CC)CCC(CC)CC)CCC(C)(C)C. The van der Waals surface area contributed by atoms with Crippen molar-refractivity contribution in [2.75, 3.05) is 0 Å². The third kappa shape index (κ3) is 12.6. The van der Waals surface area contributed by atoms with Crippen molar-refractivity contribution in [3.63, 3.8) is 0 Å². The summed E-state index contributed by atoms with van der Waals surface area (Å²) in [5.41, 5.74) is 2.01. The minimum atomic E-state index is 0.403. The van der Waals surface area contributed by atoms with Gasteiger partial charge in [0.15, 0.2) is 0 Å². The van der Waals surface area contributed by atoms with E-state index in [1.165, 1.54) is 64.2 Å². The van der Waals surface area contributed by atoms with Crippen LogP contribution in [0, 0.1) is 35.0 Å². The lowest BCUT2D eigenvalue weighted by Gasteiger charge is -2.21. The van der Waals surface area contributed by atoms with Gasteiger partial charge in [0.2, 0.25) is 0 Å². The van der Waals surface area contributed by atoms with Crippen LogP contribution in [0.25, 0.3) is 0 Å². The van der Waals surface area contributed by atoms with E-state index in [1.54, 1.807) is 5.57 Å². The Morgan fingerprint density at radius 3 is 1.92 bits per heavy atom. The first-order valence-corrected chi connectivity index (χ1v) is 11.4.